The van der Waals surface area contributed by atoms with Crippen molar-refractivity contribution in [1.29, 1.82) is 0 Å². The first kappa shape index (κ1) is 25.9. The topological polar surface area (TPSA) is 102 Å². The number of hydrogen-bond donors (Lipinski definition) is 1. The molecule has 2 unspecified atom stereocenters. The normalized spacial score (nSPS) is 22.4. The molecule has 2 saturated heterocycles. The summed E-state index contributed by atoms with van der Waals surface area (Å²) in [6.45, 7) is 0.188. The Bertz CT molecular complexity index is 1600. The Kier molecular flexibility index (Phi) is 6.18. The highest BCUT2D eigenvalue weighted by Gasteiger charge is 2.42. The Balaban J connectivity index is 1.09. The van der Waals surface area contributed by atoms with Gasteiger partial charge in [0.2, 0.25) is 0 Å². The van der Waals surface area contributed by atoms with Gasteiger partial charge < -0.3 is 24.0 Å². The molecule has 1 saturated carbocycles. The number of alkyl halides is 3. The van der Waals surface area contributed by atoms with Gasteiger partial charge in [-0.2, -0.15) is 0 Å². The van der Waals surface area contributed by atoms with Crippen molar-refractivity contribution >= 4 is 17.3 Å². The number of piperidine rings is 1. The molecule has 9 nitrogen and oxygen atoms in total. The lowest BCUT2D eigenvalue weighted by Gasteiger charge is -2.40. The zero-order valence-electron chi connectivity index (χ0n) is 21.9. The minimum absolute atomic E-state index is 0.0333. The Labute approximate surface area is 232 Å². The van der Waals surface area contributed by atoms with Crippen molar-refractivity contribution in [3.8, 4) is 17.0 Å². The average molecular weight is 569 g/mol. The molecule has 0 radical (unpaired) electrons. The lowest BCUT2D eigenvalue weighted by atomic mass is 9.98. The fourth-order valence-electron chi connectivity index (χ4n) is 6.39. The van der Waals surface area contributed by atoms with Crippen molar-refractivity contribution in [3.05, 3.63) is 65.8 Å². The van der Waals surface area contributed by atoms with Crippen molar-refractivity contribution in [1.82, 2.24) is 14.5 Å². The third-order valence-corrected chi connectivity index (χ3v) is 8.30. The molecule has 3 fully saturated rings. The molecule has 2 atom stereocenters. The van der Waals surface area contributed by atoms with Crippen LogP contribution < -0.4 is 9.64 Å². The molecule has 3 aliphatic rings. The lowest BCUT2D eigenvalue weighted by molar-refractivity contribution is -0.274. The number of rotatable bonds is 8. The number of benzene rings is 1. The summed E-state index contributed by atoms with van der Waals surface area (Å²) in [5, 5.41) is 13.6. The summed E-state index contributed by atoms with van der Waals surface area (Å²) in [6, 6.07) is 10.3. The molecule has 2 bridgehead atoms. The van der Waals surface area contributed by atoms with Crippen LogP contribution in [0.3, 0.4) is 0 Å². The van der Waals surface area contributed by atoms with Gasteiger partial charge >= 0.3 is 12.3 Å². The van der Waals surface area contributed by atoms with Crippen LogP contribution in [0.15, 0.2) is 53.3 Å². The average Bonchev–Trinajstić information content (AvgIpc) is 3.44. The molecule has 1 aromatic carbocycles. The van der Waals surface area contributed by atoms with Gasteiger partial charge in [0.05, 0.1) is 18.9 Å². The van der Waals surface area contributed by atoms with Gasteiger partial charge in [0, 0.05) is 47.1 Å². The van der Waals surface area contributed by atoms with E-state index in [-0.39, 0.29) is 47.7 Å². The van der Waals surface area contributed by atoms with E-state index >= 15 is 0 Å². The highest BCUT2D eigenvalue weighted by atomic mass is 19.4. The molecule has 5 heterocycles. The Morgan fingerprint density at radius 3 is 2.56 bits per heavy atom. The molecular weight excluding hydrogens is 541 g/mol. The van der Waals surface area contributed by atoms with E-state index in [4.69, 9.17) is 9.26 Å². The number of imidazole rings is 1. The van der Waals surface area contributed by atoms with Crippen LogP contribution in [-0.2, 0) is 11.3 Å². The zero-order valence-corrected chi connectivity index (χ0v) is 21.9. The second-order valence-corrected chi connectivity index (χ2v) is 11.0. The number of halogens is 3. The van der Waals surface area contributed by atoms with Crippen LogP contribution in [0.25, 0.3) is 16.9 Å². The second kappa shape index (κ2) is 9.79. The number of para-hydroxylation sites is 1. The summed E-state index contributed by atoms with van der Waals surface area (Å²) in [5.41, 5.74) is 2.92. The summed E-state index contributed by atoms with van der Waals surface area (Å²) in [6.07, 6.45) is 3.75. The summed E-state index contributed by atoms with van der Waals surface area (Å²) in [4.78, 5) is 18.1. The number of carbonyl (C=O) groups is 1. The molecule has 4 aromatic rings. The van der Waals surface area contributed by atoms with Crippen LogP contribution in [0, 0.1) is 0 Å². The largest absolute Gasteiger partial charge is 0.573 e. The van der Waals surface area contributed by atoms with Crippen LogP contribution in [0.5, 0.6) is 5.75 Å². The molecule has 3 aromatic heterocycles. The van der Waals surface area contributed by atoms with E-state index in [1.54, 1.807) is 22.7 Å². The number of aromatic nitrogens is 3. The molecular formula is C29H27F3N4O5. The smallest absolute Gasteiger partial charge is 0.477 e. The van der Waals surface area contributed by atoms with Crippen LogP contribution in [0.1, 0.15) is 66.3 Å². The molecule has 0 amide bonds. The van der Waals surface area contributed by atoms with Crippen LogP contribution in [0.4, 0.5) is 18.9 Å². The van der Waals surface area contributed by atoms with Crippen molar-refractivity contribution in [2.45, 2.75) is 75.6 Å². The second-order valence-electron chi connectivity index (χ2n) is 11.0. The summed E-state index contributed by atoms with van der Waals surface area (Å²) < 4.78 is 57.2. The maximum Gasteiger partial charge on any atom is 0.573 e. The summed E-state index contributed by atoms with van der Waals surface area (Å²) in [5.74, 6) is -0.479. The maximum absolute atomic E-state index is 13.1. The van der Waals surface area contributed by atoms with Gasteiger partial charge in [0.1, 0.15) is 22.9 Å². The van der Waals surface area contributed by atoms with Crippen LogP contribution >= 0.6 is 0 Å². The first-order chi connectivity index (χ1) is 19.7. The SMILES string of the molecule is O=C(O)c1cnc2cc(N3C4CCC3CC(OCc3c(-c5ccccc5OC(F)(F)F)noc3C3CC3)C4)ccn12. The highest BCUT2D eigenvalue weighted by molar-refractivity contribution is 5.86. The number of ether oxygens (including phenoxy) is 2. The van der Waals surface area contributed by atoms with E-state index in [1.165, 1.54) is 18.3 Å². The predicted molar refractivity (Wildman–Crippen MR) is 140 cm³/mol. The predicted octanol–water partition coefficient (Wildman–Crippen LogP) is 6.18. The van der Waals surface area contributed by atoms with Crippen molar-refractivity contribution in [2.24, 2.45) is 0 Å². The summed E-state index contributed by atoms with van der Waals surface area (Å²) >= 11 is 0. The van der Waals surface area contributed by atoms with Crippen molar-refractivity contribution < 1.29 is 37.1 Å². The van der Waals surface area contributed by atoms with Gasteiger partial charge in [-0.25, -0.2) is 9.78 Å². The van der Waals surface area contributed by atoms with Gasteiger partial charge in [-0.15, -0.1) is 13.2 Å². The minimum atomic E-state index is -4.83. The van der Waals surface area contributed by atoms with E-state index in [1.807, 2.05) is 12.1 Å². The number of carboxylic acid groups (broad SMARTS) is 1. The number of pyridine rings is 1. The molecule has 1 aliphatic carbocycles. The van der Waals surface area contributed by atoms with Crippen molar-refractivity contribution in [3.63, 3.8) is 0 Å². The fraction of sp³-hybridized carbons (Fsp3) is 0.414. The Hall–Kier alpha value is -4.06. The van der Waals surface area contributed by atoms with Crippen LogP contribution in [0.2, 0.25) is 0 Å². The molecule has 1 N–H and O–H groups in total. The third kappa shape index (κ3) is 4.90. The Morgan fingerprint density at radius 2 is 1.85 bits per heavy atom. The van der Waals surface area contributed by atoms with Gasteiger partial charge in [-0.05, 0) is 56.7 Å². The number of hydrogen-bond acceptors (Lipinski definition) is 7. The monoisotopic (exact) mass is 568 g/mol. The van der Waals surface area contributed by atoms with E-state index in [2.05, 4.69) is 19.8 Å². The van der Waals surface area contributed by atoms with E-state index in [0.29, 0.717) is 22.7 Å². The summed E-state index contributed by atoms with van der Waals surface area (Å²) in [7, 11) is 0. The number of carboxylic acids is 1. The van der Waals surface area contributed by atoms with Gasteiger partial charge in [-0.1, -0.05) is 17.3 Å². The number of fused-ring (bicyclic) bond motifs is 3. The van der Waals surface area contributed by atoms with Crippen molar-refractivity contribution in [2.75, 3.05) is 4.90 Å². The fourth-order valence-corrected chi connectivity index (χ4v) is 6.39. The standard InChI is InChI=1S/C29H27F3N4O5/c30-29(31,32)40-24-4-2-1-3-21(24)26-22(27(41-34-26)16-5-6-16)15-39-20-11-17-7-8-18(12-20)36(17)19-9-10-35-23(28(37)38)14-33-25(35)13-19/h1-4,9-10,13-14,16-18,20H,5-8,11-12,15H2,(H,37,38). The van der Waals surface area contributed by atoms with Gasteiger partial charge in [0.25, 0.3) is 0 Å². The Morgan fingerprint density at radius 1 is 1.10 bits per heavy atom. The van der Waals surface area contributed by atoms with E-state index in [0.717, 1.165) is 44.2 Å². The zero-order chi connectivity index (χ0) is 28.3. The molecule has 41 heavy (non-hydrogen) atoms. The van der Waals surface area contributed by atoms with E-state index < -0.39 is 12.3 Å². The molecule has 7 rings (SSSR count). The minimum Gasteiger partial charge on any atom is -0.477 e. The number of nitrogens with zero attached hydrogens (tertiary/aromatic N) is 4. The van der Waals surface area contributed by atoms with Crippen LogP contribution in [-0.4, -0.2) is 50.2 Å². The lowest BCUT2D eigenvalue weighted by Crippen LogP contribution is -2.45. The third-order valence-electron chi connectivity index (χ3n) is 8.30. The van der Waals surface area contributed by atoms with Gasteiger partial charge in [0.15, 0.2) is 5.69 Å². The van der Waals surface area contributed by atoms with Gasteiger partial charge in [-0.3, -0.25) is 4.40 Å². The number of anilines is 1. The molecule has 0 spiro atoms. The number of aromatic carboxylic acids is 1. The molecule has 214 valence electrons. The van der Waals surface area contributed by atoms with E-state index in [9.17, 15) is 23.1 Å². The first-order valence-corrected chi connectivity index (χ1v) is 13.7. The quantitative estimate of drug-likeness (QED) is 0.269. The highest BCUT2D eigenvalue weighted by Crippen LogP contribution is 2.46. The molecule has 2 aliphatic heterocycles. The molecule has 12 heteroatoms. The first-order valence-electron chi connectivity index (χ1n) is 13.7. The maximum atomic E-state index is 13.1.